The summed E-state index contributed by atoms with van der Waals surface area (Å²) in [4.78, 5) is 0. The van der Waals surface area contributed by atoms with Gasteiger partial charge in [-0.25, -0.2) is 8.78 Å². The van der Waals surface area contributed by atoms with Crippen molar-refractivity contribution in [3.05, 3.63) is 83.4 Å². The first kappa shape index (κ1) is 29.1. The van der Waals surface area contributed by atoms with Gasteiger partial charge in [-0.05, 0) is 53.5 Å². The first-order chi connectivity index (χ1) is 18.1. The van der Waals surface area contributed by atoms with E-state index in [2.05, 4.69) is 38.1 Å². The Kier molecular flexibility index (Phi) is 12.9. The first-order valence-corrected chi connectivity index (χ1v) is 14.8. The molecule has 37 heavy (non-hydrogen) atoms. The molecule has 0 N–H and O–H groups in total. The van der Waals surface area contributed by atoms with Crippen LogP contribution in [-0.4, -0.2) is 0 Å². The molecule has 0 saturated carbocycles. The van der Waals surface area contributed by atoms with Crippen molar-refractivity contribution in [1.29, 1.82) is 0 Å². The molecule has 0 aliphatic rings. The van der Waals surface area contributed by atoms with Gasteiger partial charge in [0.15, 0.2) is 11.6 Å². The summed E-state index contributed by atoms with van der Waals surface area (Å²) in [5, 5.41) is 0. The quantitative estimate of drug-likeness (QED) is 0.160. The monoisotopic (exact) mass is 504 g/mol. The van der Waals surface area contributed by atoms with Crippen LogP contribution < -0.4 is 0 Å². The molecule has 0 saturated heterocycles. The Morgan fingerprint density at radius 2 is 0.892 bits per heavy atom. The minimum absolute atomic E-state index is 0.335. The fourth-order valence-electron chi connectivity index (χ4n) is 5.09. The molecule has 0 heterocycles. The fraction of sp³-hybridized carbons (Fsp3) is 0.486. The summed E-state index contributed by atoms with van der Waals surface area (Å²) in [6.07, 6.45) is 17.8. The summed E-state index contributed by atoms with van der Waals surface area (Å²) >= 11 is 0. The van der Waals surface area contributed by atoms with Crippen molar-refractivity contribution >= 4 is 0 Å². The average molecular weight is 505 g/mol. The van der Waals surface area contributed by atoms with Crippen LogP contribution in [0, 0.1) is 11.6 Å². The Labute approximate surface area is 224 Å². The number of hydrogen-bond donors (Lipinski definition) is 0. The standard InChI is InChI=1S/C35H46F2/c1-3-5-7-8-9-10-11-12-13-15-17-32-26-27-33(35(37)34(32)36)31-24-22-30(23-25-31)29-20-18-28(19-21-29)16-14-6-4-2/h18-27H,3-17H2,1-2H3. The summed E-state index contributed by atoms with van der Waals surface area (Å²) < 4.78 is 29.8. The zero-order valence-corrected chi connectivity index (χ0v) is 23.1. The van der Waals surface area contributed by atoms with E-state index in [9.17, 15) is 8.78 Å². The van der Waals surface area contributed by atoms with E-state index in [1.807, 2.05) is 24.3 Å². The molecule has 0 spiro atoms. The van der Waals surface area contributed by atoms with Crippen LogP contribution in [0.15, 0.2) is 60.7 Å². The third-order valence-electron chi connectivity index (χ3n) is 7.51. The van der Waals surface area contributed by atoms with Crippen molar-refractivity contribution in [1.82, 2.24) is 0 Å². The van der Waals surface area contributed by atoms with Gasteiger partial charge in [-0.15, -0.1) is 0 Å². The topological polar surface area (TPSA) is 0 Å². The van der Waals surface area contributed by atoms with E-state index in [1.165, 1.54) is 76.2 Å². The van der Waals surface area contributed by atoms with E-state index in [1.54, 1.807) is 12.1 Å². The summed E-state index contributed by atoms with van der Waals surface area (Å²) in [5.41, 5.74) is 5.14. The average Bonchev–Trinajstić information content (AvgIpc) is 2.93. The summed E-state index contributed by atoms with van der Waals surface area (Å²) in [7, 11) is 0. The minimum atomic E-state index is -0.728. The maximum absolute atomic E-state index is 15.0. The number of rotatable bonds is 17. The van der Waals surface area contributed by atoms with E-state index in [4.69, 9.17) is 0 Å². The smallest absolute Gasteiger partial charge is 0.166 e. The SMILES string of the molecule is CCCCCCCCCCCCc1ccc(-c2ccc(-c3ccc(CCCCC)cc3)cc2)c(F)c1F. The Hall–Kier alpha value is -2.48. The fourth-order valence-corrected chi connectivity index (χ4v) is 5.09. The van der Waals surface area contributed by atoms with Gasteiger partial charge in [0.05, 0.1) is 0 Å². The highest BCUT2D eigenvalue weighted by molar-refractivity contribution is 5.71. The summed E-state index contributed by atoms with van der Waals surface area (Å²) in [5.74, 6) is -1.41. The molecule has 2 heteroatoms. The van der Waals surface area contributed by atoms with E-state index < -0.39 is 11.6 Å². The number of aryl methyl sites for hydroxylation is 2. The van der Waals surface area contributed by atoms with Gasteiger partial charge in [0.2, 0.25) is 0 Å². The van der Waals surface area contributed by atoms with Crippen molar-refractivity contribution in [2.75, 3.05) is 0 Å². The van der Waals surface area contributed by atoms with Crippen molar-refractivity contribution in [2.45, 2.75) is 110 Å². The lowest BCUT2D eigenvalue weighted by Crippen LogP contribution is -1.98. The molecular formula is C35H46F2. The lowest BCUT2D eigenvalue weighted by atomic mass is 9.96. The molecule has 3 aromatic rings. The summed E-state index contributed by atoms with van der Waals surface area (Å²) in [6.45, 7) is 4.47. The number of halogens is 2. The Balaban J connectivity index is 1.49. The highest BCUT2D eigenvalue weighted by Crippen LogP contribution is 2.30. The molecular weight excluding hydrogens is 458 g/mol. The third-order valence-corrected chi connectivity index (χ3v) is 7.51. The van der Waals surface area contributed by atoms with Crippen LogP contribution in [0.5, 0.6) is 0 Å². The van der Waals surface area contributed by atoms with Crippen LogP contribution in [-0.2, 0) is 12.8 Å². The highest BCUT2D eigenvalue weighted by atomic mass is 19.2. The second kappa shape index (κ2) is 16.4. The van der Waals surface area contributed by atoms with Crippen LogP contribution in [0.3, 0.4) is 0 Å². The third kappa shape index (κ3) is 9.40. The van der Waals surface area contributed by atoms with Crippen molar-refractivity contribution in [3.63, 3.8) is 0 Å². The van der Waals surface area contributed by atoms with Gasteiger partial charge in [-0.1, -0.05) is 145 Å². The number of unbranched alkanes of at least 4 members (excludes halogenated alkanes) is 11. The molecule has 0 unspecified atom stereocenters. The number of benzene rings is 3. The predicted octanol–water partition coefficient (Wildman–Crippen LogP) is 11.5. The molecule has 0 nitrogen and oxygen atoms in total. The maximum Gasteiger partial charge on any atom is 0.166 e. The molecule has 3 aromatic carbocycles. The molecule has 0 fully saturated rings. The van der Waals surface area contributed by atoms with E-state index >= 15 is 0 Å². The highest BCUT2D eigenvalue weighted by Gasteiger charge is 2.14. The second-order valence-electron chi connectivity index (χ2n) is 10.6. The molecule has 0 amide bonds. The first-order valence-electron chi connectivity index (χ1n) is 14.8. The van der Waals surface area contributed by atoms with Crippen LogP contribution in [0.4, 0.5) is 8.78 Å². The van der Waals surface area contributed by atoms with Crippen molar-refractivity contribution in [3.8, 4) is 22.3 Å². The van der Waals surface area contributed by atoms with Crippen molar-refractivity contribution in [2.24, 2.45) is 0 Å². The Morgan fingerprint density at radius 1 is 0.432 bits per heavy atom. The lowest BCUT2D eigenvalue weighted by Gasteiger charge is -2.10. The van der Waals surface area contributed by atoms with Crippen LogP contribution in [0.25, 0.3) is 22.3 Å². The van der Waals surface area contributed by atoms with Crippen LogP contribution in [0.1, 0.15) is 108 Å². The van der Waals surface area contributed by atoms with E-state index in [0.717, 1.165) is 30.4 Å². The molecule has 0 atom stereocenters. The predicted molar refractivity (Wildman–Crippen MR) is 156 cm³/mol. The molecule has 0 bridgehead atoms. The van der Waals surface area contributed by atoms with Gasteiger partial charge in [0.1, 0.15) is 0 Å². The largest absolute Gasteiger partial charge is 0.203 e. The minimum Gasteiger partial charge on any atom is -0.203 e. The molecule has 0 aliphatic heterocycles. The van der Waals surface area contributed by atoms with Gasteiger partial charge in [-0.3, -0.25) is 0 Å². The molecule has 0 aromatic heterocycles. The van der Waals surface area contributed by atoms with Gasteiger partial charge >= 0.3 is 0 Å². The lowest BCUT2D eigenvalue weighted by molar-refractivity contribution is 0.496. The molecule has 3 rings (SSSR count). The van der Waals surface area contributed by atoms with Gasteiger partial charge in [0.25, 0.3) is 0 Å². The summed E-state index contributed by atoms with van der Waals surface area (Å²) in [6, 6.07) is 20.0. The zero-order valence-electron chi connectivity index (χ0n) is 23.1. The van der Waals surface area contributed by atoms with E-state index in [0.29, 0.717) is 23.1 Å². The van der Waals surface area contributed by atoms with E-state index in [-0.39, 0.29) is 0 Å². The molecule has 0 radical (unpaired) electrons. The van der Waals surface area contributed by atoms with Crippen LogP contribution in [0.2, 0.25) is 0 Å². The zero-order chi connectivity index (χ0) is 26.3. The Bertz CT molecular complexity index is 1030. The van der Waals surface area contributed by atoms with Gasteiger partial charge < -0.3 is 0 Å². The molecule has 200 valence electrons. The second-order valence-corrected chi connectivity index (χ2v) is 10.6. The number of hydrogen-bond acceptors (Lipinski definition) is 0. The normalized spacial score (nSPS) is 11.2. The maximum atomic E-state index is 15.0. The van der Waals surface area contributed by atoms with Gasteiger partial charge in [-0.2, -0.15) is 0 Å². The van der Waals surface area contributed by atoms with Crippen molar-refractivity contribution < 1.29 is 8.78 Å². The molecule has 0 aliphatic carbocycles. The van der Waals surface area contributed by atoms with Gasteiger partial charge in [0, 0.05) is 5.56 Å². The van der Waals surface area contributed by atoms with Crippen LogP contribution >= 0.6 is 0 Å². The Morgan fingerprint density at radius 3 is 1.49 bits per heavy atom.